The first-order valence-corrected chi connectivity index (χ1v) is 5.28. The Kier molecular flexibility index (Phi) is 4.20. The maximum atomic E-state index is 13.3. The maximum Gasteiger partial charge on any atom is 0.226 e. The van der Waals surface area contributed by atoms with Crippen molar-refractivity contribution in [2.45, 2.75) is 20.8 Å². The average molecular weight is 238 g/mol. The van der Waals surface area contributed by atoms with E-state index in [1.54, 1.807) is 13.8 Å². The molecule has 4 nitrogen and oxygen atoms in total. The molecule has 0 aliphatic rings. The van der Waals surface area contributed by atoms with E-state index in [1.165, 1.54) is 25.1 Å². The molecule has 5 heteroatoms. The van der Waals surface area contributed by atoms with Crippen molar-refractivity contribution in [1.82, 2.24) is 0 Å². The summed E-state index contributed by atoms with van der Waals surface area (Å²) in [5, 5.41) is 4.98. The van der Waals surface area contributed by atoms with E-state index in [4.69, 9.17) is 0 Å². The van der Waals surface area contributed by atoms with E-state index >= 15 is 0 Å². The van der Waals surface area contributed by atoms with Gasteiger partial charge in [0.25, 0.3) is 0 Å². The molecule has 0 aliphatic carbocycles. The largest absolute Gasteiger partial charge is 0.326 e. The topological polar surface area (TPSA) is 58.2 Å². The van der Waals surface area contributed by atoms with Gasteiger partial charge in [0.15, 0.2) is 0 Å². The standard InChI is InChI=1S/C12H15FN2O2/c1-7(2)12(17)15-9-4-5-10(13)11(6-9)14-8(3)16/h4-7H,1-3H3,(H,14,16)(H,15,17). The Morgan fingerprint density at radius 1 is 1.24 bits per heavy atom. The van der Waals surface area contributed by atoms with E-state index in [2.05, 4.69) is 10.6 Å². The summed E-state index contributed by atoms with van der Waals surface area (Å²) >= 11 is 0. The zero-order valence-electron chi connectivity index (χ0n) is 10.0. The summed E-state index contributed by atoms with van der Waals surface area (Å²) in [6.45, 7) is 4.81. The van der Waals surface area contributed by atoms with Gasteiger partial charge in [0.05, 0.1) is 5.69 Å². The number of carbonyl (C=O) groups is 2. The minimum absolute atomic E-state index is 0.0547. The van der Waals surface area contributed by atoms with Crippen molar-refractivity contribution in [3.63, 3.8) is 0 Å². The summed E-state index contributed by atoms with van der Waals surface area (Å²) in [5.74, 6) is -1.23. The highest BCUT2D eigenvalue weighted by Crippen LogP contribution is 2.20. The molecular weight excluding hydrogens is 223 g/mol. The SMILES string of the molecule is CC(=O)Nc1cc(NC(=O)C(C)C)ccc1F. The third kappa shape index (κ3) is 3.86. The monoisotopic (exact) mass is 238 g/mol. The molecule has 0 atom stereocenters. The average Bonchev–Trinajstić information content (AvgIpc) is 2.22. The number of benzene rings is 1. The summed E-state index contributed by atoms with van der Waals surface area (Å²) < 4.78 is 13.3. The number of nitrogens with one attached hydrogen (secondary N) is 2. The Labute approximate surface area is 99.2 Å². The molecule has 92 valence electrons. The van der Waals surface area contributed by atoms with Gasteiger partial charge in [-0.15, -0.1) is 0 Å². The first kappa shape index (κ1) is 13.2. The number of hydrogen-bond donors (Lipinski definition) is 2. The summed E-state index contributed by atoms with van der Waals surface area (Å²) in [5.41, 5.74) is 0.507. The number of amides is 2. The lowest BCUT2D eigenvalue weighted by atomic mass is 10.2. The maximum absolute atomic E-state index is 13.3. The zero-order valence-corrected chi connectivity index (χ0v) is 10.0. The normalized spacial score (nSPS) is 10.2. The summed E-state index contributed by atoms with van der Waals surface area (Å²) in [6, 6.07) is 4.03. The quantitative estimate of drug-likeness (QED) is 0.849. The Morgan fingerprint density at radius 2 is 1.88 bits per heavy atom. The lowest BCUT2D eigenvalue weighted by Crippen LogP contribution is -2.18. The fraction of sp³-hybridized carbons (Fsp3) is 0.333. The van der Waals surface area contributed by atoms with Gasteiger partial charge in [-0.3, -0.25) is 9.59 Å². The van der Waals surface area contributed by atoms with E-state index < -0.39 is 5.82 Å². The van der Waals surface area contributed by atoms with Gasteiger partial charge in [-0.1, -0.05) is 13.8 Å². The molecule has 0 aromatic heterocycles. The van der Waals surface area contributed by atoms with Gasteiger partial charge in [0.2, 0.25) is 11.8 Å². The van der Waals surface area contributed by atoms with Crippen LogP contribution in [0.2, 0.25) is 0 Å². The van der Waals surface area contributed by atoms with Gasteiger partial charge < -0.3 is 10.6 Å². The highest BCUT2D eigenvalue weighted by atomic mass is 19.1. The zero-order chi connectivity index (χ0) is 13.0. The molecule has 0 aliphatic heterocycles. The Hall–Kier alpha value is -1.91. The Morgan fingerprint density at radius 3 is 2.41 bits per heavy atom. The van der Waals surface area contributed by atoms with Crippen LogP contribution in [0.5, 0.6) is 0 Å². The predicted octanol–water partition coefficient (Wildman–Crippen LogP) is 2.38. The van der Waals surface area contributed by atoms with Crippen molar-refractivity contribution in [3.8, 4) is 0 Å². The molecule has 0 saturated heterocycles. The van der Waals surface area contributed by atoms with Gasteiger partial charge in [0.1, 0.15) is 5.82 Å². The van der Waals surface area contributed by atoms with E-state index in [9.17, 15) is 14.0 Å². The smallest absolute Gasteiger partial charge is 0.226 e. The summed E-state index contributed by atoms with van der Waals surface area (Å²) in [4.78, 5) is 22.3. The minimum Gasteiger partial charge on any atom is -0.326 e. The van der Waals surface area contributed by atoms with E-state index in [-0.39, 0.29) is 23.4 Å². The molecule has 17 heavy (non-hydrogen) atoms. The van der Waals surface area contributed by atoms with Gasteiger partial charge >= 0.3 is 0 Å². The van der Waals surface area contributed by atoms with Crippen LogP contribution in [0.1, 0.15) is 20.8 Å². The highest BCUT2D eigenvalue weighted by Gasteiger charge is 2.09. The second-order valence-corrected chi connectivity index (χ2v) is 4.02. The van der Waals surface area contributed by atoms with Gasteiger partial charge in [-0.25, -0.2) is 4.39 Å². The minimum atomic E-state index is -0.539. The number of hydrogen-bond acceptors (Lipinski definition) is 2. The van der Waals surface area contributed by atoms with Crippen LogP contribution in [0.4, 0.5) is 15.8 Å². The molecule has 0 fully saturated rings. The van der Waals surface area contributed by atoms with Gasteiger partial charge in [-0.05, 0) is 18.2 Å². The molecule has 0 spiro atoms. The van der Waals surface area contributed by atoms with Crippen LogP contribution in [-0.2, 0) is 9.59 Å². The van der Waals surface area contributed by atoms with E-state index in [1.807, 2.05) is 0 Å². The van der Waals surface area contributed by atoms with Crippen LogP contribution in [0.25, 0.3) is 0 Å². The fourth-order valence-corrected chi connectivity index (χ4v) is 1.18. The third-order valence-corrected chi connectivity index (χ3v) is 2.07. The lowest BCUT2D eigenvalue weighted by Gasteiger charge is -2.10. The molecule has 1 aromatic rings. The van der Waals surface area contributed by atoms with Crippen molar-refractivity contribution in [2.75, 3.05) is 10.6 Å². The molecule has 0 unspecified atom stereocenters. The molecule has 0 radical (unpaired) electrons. The fourth-order valence-electron chi connectivity index (χ4n) is 1.18. The van der Waals surface area contributed by atoms with E-state index in [0.717, 1.165) is 0 Å². The second kappa shape index (κ2) is 5.43. The number of carbonyl (C=O) groups excluding carboxylic acids is 2. The van der Waals surface area contributed by atoms with Crippen LogP contribution >= 0.6 is 0 Å². The Balaban J connectivity index is 2.88. The highest BCUT2D eigenvalue weighted by molar-refractivity contribution is 5.94. The number of halogens is 1. The molecular formula is C12H15FN2O2. The second-order valence-electron chi connectivity index (χ2n) is 4.02. The molecule has 2 N–H and O–H groups in total. The lowest BCUT2D eigenvalue weighted by molar-refractivity contribution is -0.119. The van der Waals surface area contributed by atoms with Crippen LogP contribution < -0.4 is 10.6 Å². The molecule has 1 aromatic carbocycles. The summed E-state index contributed by atoms with van der Waals surface area (Å²) in [6.07, 6.45) is 0. The Bertz CT molecular complexity index is 444. The van der Waals surface area contributed by atoms with Crippen molar-refractivity contribution in [3.05, 3.63) is 24.0 Å². The van der Waals surface area contributed by atoms with Crippen molar-refractivity contribution >= 4 is 23.2 Å². The first-order chi connectivity index (χ1) is 7.90. The first-order valence-electron chi connectivity index (χ1n) is 5.28. The van der Waals surface area contributed by atoms with Crippen molar-refractivity contribution < 1.29 is 14.0 Å². The predicted molar refractivity (Wildman–Crippen MR) is 64.2 cm³/mol. The van der Waals surface area contributed by atoms with Crippen LogP contribution in [0.15, 0.2) is 18.2 Å². The van der Waals surface area contributed by atoms with Gasteiger partial charge in [0, 0.05) is 18.5 Å². The molecule has 0 bridgehead atoms. The summed E-state index contributed by atoms with van der Waals surface area (Å²) in [7, 11) is 0. The van der Waals surface area contributed by atoms with Gasteiger partial charge in [-0.2, -0.15) is 0 Å². The number of anilines is 2. The number of rotatable bonds is 3. The molecule has 2 amide bonds. The molecule has 0 saturated carbocycles. The molecule has 1 rings (SSSR count). The molecule has 0 heterocycles. The van der Waals surface area contributed by atoms with Crippen LogP contribution in [0.3, 0.4) is 0 Å². The van der Waals surface area contributed by atoms with Crippen molar-refractivity contribution in [1.29, 1.82) is 0 Å². The van der Waals surface area contributed by atoms with Crippen molar-refractivity contribution in [2.24, 2.45) is 5.92 Å². The van der Waals surface area contributed by atoms with E-state index in [0.29, 0.717) is 5.69 Å². The third-order valence-electron chi connectivity index (χ3n) is 2.07. The van der Waals surface area contributed by atoms with Crippen LogP contribution in [0, 0.1) is 11.7 Å². The van der Waals surface area contributed by atoms with Crippen LogP contribution in [-0.4, -0.2) is 11.8 Å².